The standard InChI is InChI=1S/C19H20N2O3/c22-13-17(20-18(23)15-7-2-1-3-8-15)19(24)21-11-10-14-6-4-5-9-16(14)12-21/h1-9,17,22H,10-13H2,(H,20,23). The highest BCUT2D eigenvalue weighted by Gasteiger charge is 2.28. The summed E-state index contributed by atoms with van der Waals surface area (Å²) < 4.78 is 0. The van der Waals surface area contributed by atoms with Crippen LogP contribution in [0.25, 0.3) is 0 Å². The Balaban J connectivity index is 1.68. The van der Waals surface area contributed by atoms with Crippen LogP contribution in [0, 0.1) is 0 Å². The molecule has 0 radical (unpaired) electrons. The SMILES string of the molecule is O=C(NC(CO)C(=O)N1CCc2ccccc2C1)c1ccccc1. The zero-order chi connectivity index (χ0) is 16.9. The first-order valence-electron chi connectivity index (χ1n) is 8.01. The quantitative estimate of drug-likeness (QED) is 0.892. The van der Waals surface area contributed by atoms with Gasteiger partial charge in [-0.25, -0.2) is 0 Å². The molecule has 0 saturated heterocycles. The third kappa shape index (κ3) is 3.46. The number of carbonyl (C=O) groups is 2. The highest BCUT2D eigenvalue weighted by atomic mass is 16.3. The maximum Gasteiger partial charge on any atom is 0.251 e. The van der Waals surface area contributed by atoms with Crippen LogP contribution in [0.15, 0.2) is 54.6 Å². The number of benzene rings is 2. The Labute approximate surface area is 140 Å². The third-order valence-electron chi connectivity index (χ3n) is 4.26. The number of amides is 2. The van der Waals surface area contributed by atoms with Crippen LogP contribution in [0.5, 0.6) is 0 Å². The van der Waals surface area contributed by atoms with Gasteiger partial charge in [-0.1, -0.05) is 42.5 Å². The predicted octanol–water partition coefficient (Wildman–Crippen LogP) is 1.36. The molecule has 1 aliphatic heterocycles. The summed E-state index contributed by atoms with van der Waals surface area (Å²) in [6.07, 6.45) is 0.784. The summed E-state index contributed by atoms with van der Waals surface area (Å²) in [7, 11) is 0. The van der Waals surface area contributed by atoms with Crippen LogP contribution in [0.3, 0.4) is 0 Å². The van der Waals surface area contributed by atoms with Crippen molar-refractivity contribution >= 4 is 11.8 Å². The van der Waals surface area contributed by atoms with Gasteiger partial charge in [-0.2, -0.15) is 0 Å². The van der Waals surface area contributed by atoms with Crippen molar-refractivity contribution in [2.45, 2.75) is 19.0 Å². The van der Waals surface area contributed by atoms with Gasteiger partial charge in [-0.3, -0.25) is 9.59 Å². The third-order valence-corrected chi connectivity index (χ3v) is 4.26. The number of nitrogens with zero attached hydrogens (tertiary/aromatic N) is 1. The second kappa shape index (κ2) is 7.27. The topological polar surface area (TPSA) is 69.6 Å². The number of aliphatic hydroxyl groups is 1. The number of fused-ring (bicyclic) bond motifs is 1. The Bertz CT molecular complexity index is 730. The first-order chi connectivity index (χ1) is 11.7. The minimum absolute atomic E-state index is 0.253. The van der Waals surface area contributed by atoms with Gasteiger partial charge in [0.2, 0.25) is 5.91 Å². The summed E-state index contributed by atoms with van der Waals surface area (Å²) >= 11 is 0. The first kappa shape index (κ1) is 16.2. The van der Waals surface area contributed by atoms with Crippen molar-refractivity contribution in [3.05, 3.63) is 71.3 Å². The van der Waals surface area contributed by atoms with Gasteiger partial charge in [0.1, 0.15) is 6.04 Å². The fraction of sp³-hybridized carbons (Fsp3) is 0.263. The molecule has 1 aliphatic rings. The first-order valence-corrected chi connectivity index (χ1v) is 8.01. The van der Waals surface area contributed by atoms with Crippen LogP contribution in [0.4, 0.5) is 0 Å². The van der Waals surface area contributed by atoms with E-state index in [9.17, 15) is 14.7 Å². The lowest BCUT2D eigenvalue weighted by Gasteiger charge is -2.31. The van der Waals surface area contributed by atoms with Crippen LogP contribution in [-0.4, -0.2) is 41.0 Å². The van der Waals surface area contributed by atoms with Crippen LogP contribution in [0.2, 0.25) is 0 Å². The van der Waals surface area contributed by atoms with Crippen LogP contribution < -0.4 is 5.32 Å². The largest absolute Gasteiger partial charge is 0.394 e. The van der Waals surface area contributed by atoms with Crippen molar-refractivity contribution in [2.24, 2.45) is 0 Å². The molecule has 124 valence electrons. The molecule has 2 amide bonds. The van der Waals surface area contributed by atoms with Gasteiger partial charge >= 0.3 is 0 Å². The fourth-order valence-electron chi connectivity index (χ4n) is 2.92. The Hall–Kier alpha value is -2.66. The molecule has 0 aromatic heterocycles. The average molecular weight is 324 g/mol. The molecule has 5 heteroatoms. The lowest BCUT2D eigenvalue weighted by molar-refractivity contribution is -0.135. The van der Waals surface area contributed by atoms with Crippen molar-refractivity contribution in [1.29, 1.82) is 0 Å². The Morgan fingerprint density at radius 1 is 1.04 bits per heavy atom. The lowest BCUT2D eigenvalue weighted by atomic mass is 9.99. The molecule has 2 N–H and O–H groups in total. The molecule has 3 rings (SSSR count). The van der Waals surface area contributed by atoms with E-state index in [1.54, 1.807) is 29.2 Å². The molecule has 0 aliphatic carbocycles. The fourth-order valence-corrected chi connectivity index (χ4v) is 2.92. The van der Waals surface area contributed by atoms with E-state index in [4.69, 9.17) is 0 Å². The summed E-state index contributed by atoms with van der Waals surface area (Å²) in [5, 5.41) is 12.2. The van der Waals surface area contributed by atoms with Gasteiger partial charge in [0, 0.05) is 18.7 Å². The van der Waals surface area contributed by atoms with Gasteiger partial charge < -0.3 is 15.3 Å². The van der Waals surface area contributed by atoms with E-state index in [-0.39, 0.29) is 11.8 Å². The smallest absolute Gasteiger partial charge is 0.251 e. The van der Waals surface area contributed by atoms with E-state index in [1.807, 2.05) is 24.3 Å². The summed E-state index contributed by atoms with van der Waals surface area (Å²) in [5.41, 5.74) is 2.83. The monoisotopic (exact) mass is 324 g/mol. The molecule has 1 unspecified atom stereocenters. The van der Waals surface area contributed by atoms with E-state index in [2.05, 4.69) is 11.4 Å². The minimum atomic E-state index is -0.928. The maximum absolute atomic E-state index is 12.7. The molecule has 0 bridgehead atoms. The van der Waals surface area contributed by atoms with Crippen molar-refractivity contribution < 1.29 is 14.7 Å². The normalized spacial score (nSPS) is 14.6. The van der Waals surface area contributed by atoms with Crippen molar-refractivity contribution in [1.82, 2.24) is 10.2 Å². The number of carbonyl (C=O) groups excluding carboxylic acids is 2. The molecule has 2 aromatic carbocycles. The van der Waals surface area contributed by atoms with Gasteiger partial charge in [-0.15, -0.1) is 0 Å². The lowest BCUT2D eigenvalue weighted by Crippen LogP contribution is -2.51. The minimum Gasteiger partial charge on any atom is -0.394 e. The van der Waals surface area contributed by atoms with Crippen LogP contribution in [-0.2, 0) is 17.8 Å². The van der Waals surface area contributed by atoms with E-state index < -0.39 is 12.6 Å². The second-order valence-electron chi connectivity index (χ2n) is 5.85. The summed E-state index contributed by atoms with van der Waals surface area (Å²) in [6.45, 7) is 0.676. The average Bonchev–Trinajstić information content (AvgIpc) is 2.65. The molecular formula is C19H20N2O3. The predicted molar refractivity (Wildman–Crippen MR) is 90.3 cm³/mol. The number of hydrogen-bond donors (Lipinski definition) is 2. The Morgan fingerprint density at radius 3 is 2.42 bits per heavy atom. The van der Waals surface area contributed by atoms with E-state index in [0.29, 0.717) is 18.7 Å². The molecule has 24 heavy (non-hydrogen) atoms. The Morgan fingerprint density at radius 2 is 1.71 bits per heavy atom. The van der Waals surface area contributed by atoms with E-state index >= 15 is 0 Å². The number of rotatable bonds is 4. The zero-order valence-corrected chi connectivity index (χ0v) is 13.3. The second-order valence-corrected chi connectivity index (χ2v) is 5.85. The summed E-state index contributed by atoms with van der Waals surface area (Å²) in [5.74, 6) is -0.614. The number of hydrogen-bond acceptors (Lipinski definition) is 3. The molecule has 0 fully saturated rings. The summed E-state index contributed by atoms with van der Waals surface area (Å²) in [4.78, 5) is 26.6. The summed E-state index contributed by atoms with van der Waals surface area (Å²) in [6, 6.07) is 15.8. The van der Waals surface area contributed by atoms with Gasteiger partial charge in [-0.05, 0) is 29.7 Å². The van der Waals surface area contributed by atoms with Crippen molar-refractivity contribution in [3.63, 3.8) is 0 Å². The number of nitrogens with one attached hydrogen (secondary N) is 1. The Kier molecular flexibility index (Phi) is 4.91. The van der Waals surface area contributed by atoms with Crippen LogP contribution >= 0.6 is 0 Å². The maximum atomic E-state index is 12.7. The van der Waals surface area contributed by atoms with Crippen molar-refractivity contribution in [2.75, 3.05) is 13.2 Å². The molecular weight excluding hydrogens is 304 g/mol. The van der Waals surface area contributed by atoms with E-state index in [0.717, 1.165) is 12.0 Å². The molecule has 2 aromatic rings. The van der Waals surface area contributed by atoms with Gasteiger partial charge in [0.15, 0.2) is 0 Å². The molecule has 1 atom stereocenters. The zero-order valence-electron chi connectivity index (χ0n) is 13.3. The van der Waals surface area contributed by atoms with Crippen LogP contribution in [0.1, 0.15) is 21.5 Å². The highest BCUT2D eigenvalue weighted by molar-refractivity contribution is 5.97. The highest BCUT2D eigenvalue weighted by Crippen LogP contribution is 2.19. The molecule has 0 saturated carbocycles. The molecule has 1 heterocycles. The van der Waals surface area contributed by atoms with Crippen molar-refractivity contribution in [3.8, 4) is 0 Å². The number of aliphatic hydroxyl groups excluding tert-OH is 1. The van der Waals surface area contributed by atoms with E-state index in [1.165, 1.54) is 5.56 Å². The molecule has 0 spiro atoms. The molecule has 5 nitrogen and oxygen atoms in total. The van der Waals surface area contributed by atoms with Gasteiger partial charge in [0.05, 0.1) is 6.61 Å². The van der Waals surface area contributed by atoms with Gasteiger partial charge in [0.25, 0.3) is 5.91 Å².